The average molecular weight is 382 g/mol. The minimum atomic E-state index is -0.408. The van der Waals surface area contributed by atoms with E-state index in [2.05, 4.69) is 15.5 Å². The van der Waals surface area contributed by atoms with Crippen molar-refractivity contribution in [2.75, 3.05) is 21.3 Å². The van der Waals surface area contributed by atoms with Crippen LogP contribution in [0.15, 0.2) is 41.5 Å². The molecule has 0 saturated heterocycles. The van der Waals surface area contributed by atoms with Crippen molar-refractivity contribution in [2.45, 2.75) is 13.5 Å². The Morgan fingerprint density at radius 1 is 1.14 bits per heavy atom. The predicted octanol–water partition coefficient (Wildman–Crippen LogP) is 2.85. The molecule has 146 valence electrons. The molecule has 1 heterocycles. The van der Waals surface area contributed by atoms with Crippen LogP contribution in [0.25, 0.3) is 11.0 Å². The Morgan fingerprint density at radius 3 is 2.43 bits per heavy atom. The molecule has 0 fully saturated rings. The molecular weight excluding hydrogens is 360 g/mol. The van der Waals surface area contributed by atoms with Crippen LogP contribution in [0.4, 0.5) is 0 Å². The molecule has 1 aromatic heterocycles. The second-order valence-electron chi connectivity index (χ2n) is 5.82. The molecule has 1 amide bonds. The van der Waals surface area contributed by atoms with Gasteiger partial charge >= 0.3 is 0 Å². The minimum absolute atomic E-state index is 0.329. The van der Waals surface area contributed by atoms with Crippen molar-refractivity contribution in [3.05, 3.63) is 47.8 Å². The van der Waals surface area contributed by atoms with Crippen molar-refractivity contribution >= 4 is 23.2 Å². The highest BCUT2D eigenvalue weighted by molar-refractivity contribution is 5.96. The number of carbonyl (C=O) groups excluding carboxylic acids is 1. The lowest BCUT2D eigenvalue weighted by Gasteiger charge is -2.13. The summed E-state index contributed by atoms with van der Waals surface area (Å²) in [6.07, 6.45) is 1.53. The van der Waals surface area contributed by atoms with Gasteiger partial charge in [0.15, 0.2) is 17.3 Å². The number of ether oxygens (including phenoxy) is 3. The average Bonchev–Trinajstić information content (AvgIpc) is 3.09. The fourth-order valence-corrected chi connectivity index (χ4v) is 2.95. The summed E-state index contributed by atoms with van der Waals surface area (Å²) in [5, 5.41) is 4.05. The number of fused-ring (bicyclic) bond motifs is 1. The third-order valence-electron chi connectivity index (χ3n) is 4.27. The van der Waals surface area contributed by atoms with Crippen LogP contribution in [-0.2, 0) is 6.54 Å². The second kappa shape index (κ2) is 8.43. The summed E-state index contributed by atoms with van der Waals surface area (Å²) in [4.78, 5) is 17.0. The summed E-state index contributed by atoms with van der Waals surface area (Å²) in [6.45, 7) is 2.77. The molecule has 3 aromatic rings. The van der Waals surface area contributed by atoms with Crippen LogP contribution in [0.2, 0.25) is 0 Å². The third-order valence-corrected chi connectivity index (χ3v) is 4.27. The number of rotatable bonds is 7. The summed E-state index contributed by atoms with van der Waals surface area (Å²) in [7, 11) is 4.49. The first kappa shape index (κ1) is 19.2. The number of aromatic nitrogens is 2. The van der Waals surface area contributed by atoms with Gasteiger partial charge in [-0.2, -0.15) is 5.10 Å². The van der Waals surface area contributed by atoms with E-state index >= 15 is 0 Å². The van der Waals surface area contributed by atoms with Gasteiger partial charge in [-0.25, -0.2) is 10.4 Å². The first-order valence-corrected chi connectivity index (χ1v) is 8.71. The predicted molar refractivity (Wildman–Crippen MR) is 107 cm³/mol. The molecule has 0 spiro atoms. The highest BCUT2D eigenvalue weighted by atomic mass is 16.5. The van der Waals surface area contributed by atoms with E-state index in [1.54, 1.807) is 12.1 Å². The van der Waals surface area contributed by atoms with E-state index in [1.165, 1.54) is 27.5 Å². The van der Waals surface area contributed by atoms with Gasteiger partial charge in [0.05, 0.1) is 38.6 Å². The number of amides is 1. The van der Waals surface area contributed by atoms with Crippen molar-refractivity contribution < 1.29 is 19.0 Å². The van der Waals surface area contributed by atoms with E-state index in [0.717, 1.165) is 17.6 Å². The Kier molecular flexibility index (Phi) is 5.78. The van der Waals surface area contributed by atoms with Crippen LogP contribution >= 0.6 is 0 Å². The number of imidazole rings is 1. The Hall–Kier alpha value is -3.55. The molecule has 0 aliphatic heterocycles. The van der Waals surface area contributed by atoms with Gasteiger partial charge in [-0.15, -0.1) is 0 Å². The van der Waals surface area contributed by atoms with Gasteiger partial charge in [-0.1, -0.05) is 12.1 Å². The van der Waals surface area contributed by atoms with Gasteiger partial charge in [0.2, 0.25) is 5.75 Å². The molecule has 0 unspecified atom stereocenters. The van der Waals surface area contributed by atoms with E-state index < -0.39 is 5.91 Å². The molecule has 8 nitrogen and oxygen atoms in total. The second-order valence-corrected chi connectivity index (χ2v) is 5.82. The van der Waals surface area contributed by atoms with E-state index in [0.29, 0.717) is 28.6 Å². The number of hydrogen-bond acceptors (Lipinski definition) is 6. The van der Waals surface area contributed by atoms with Gasteiger partial charge in [0.25, 0.3) is 5.91 Å². The lowest BCUT2D eigenvalue weighted by atomic mass is 10.1. The normalized spacial score (nSPS) is 11.0. The zero-order chi connectivity index (χ0) is 20.1. The molecule has 28 heavy (non-hydrogen) atoms. The van der Waals surface area contributed by atoms with Crippen LogP contribution in [-0.4, -0.2) is 43.0 Å². The quantitative estimate of drug-likeness (QED) is 0.502. The first-order valence-electron chi connectivity index (χ1n) is 8.71. The molecule has 0 atom stereocenters. The Morgan fingerprint density at radius 2 is 1.82 bits per heavy atom. The lowest BCUT2D eigenvalue weighted by Crippen LogP contribution is -2.18. The van der Waals surface area contributed by atoms with Crippen LogP contribution in [0.5, 0.6) is 17.2 Å². The molecule has 0 bridgehead atoms. The standard InChI is InChI=1S/C20H22N4O4/c1-5-24-15-9-7-6-8-14(15)22-18(24)12-21-23-20(25)13-10-16(26-2)19(28-4)17(11-13)27-3/h6-12H,5H2,1-4H3,(H,23,25)/b21-12+. The van der Waals surface area contributed by atoms with Crippen LogP contribution in [0.1, 0.15) is 23.1 Å². The summed E-state index contributed by atoms with van der Waals surface area (Å²) < 4.78 is 17.8. The molecule has 3 rings (SSSR count). The van der Waals surface area contributed by atoms with Crippen molar-refractivity contribution in [3.8, 4) is 17.2 Å². The van der Waals surface area contributed by atoms with Crippen molar-refractivity contribution in [1.29, 1.82) is 0 Å². The highest BCUT2D eigenvalue weighted by Crippen LogP contribution is 2.38. The smallest absolute Gasteiger partial charge is 0.271 e. The molecule has 1 N–H and O–H groups in total. The number of nitrogens with zero attached hydrogens (tertiary/aromatic N) is 3. The lowest BCUT2D eigenvalue weighted by molar-refractivity contribution is 0.0954. The number of methoxy groups -OCH3 is 3. The van der Waals surface area contributed by atoms with Crippen LogP contribution < -0.4 is 19.6 Å². The maximum Gasteiger partial charge on any atom is 0.271 e. The number of hydrogen-bond donors (Lipinski definition) is 1. The highest BCUT2D eigenvalue weighted by Gasteiger charge is 2.16. The van der Waals surface area contributed by atoms with E-state index in [9.17, 15) is 4.79 Å². The molecule has 8 heteroatoms. The molecule has 2 aromatic carbocycles. The number of nitrogens with one attached hydrogen (secondary N) is 1. The first-order chi connectivity index (χ1) is 13.6. The topological polar surface area (TPSA) is 87.0 Å². The maximum absolute atomic E-state index is 12.5. The van der Waals surface area contributed by atoms with Crippen molar-refractivity contribution in [1.82, 2.24) is 15.0 Å². The molecule has 0 radical (unpaired) electrons. The Labute approximate surface area is 162 Å². The largest absolute Gasteiger partial charge is 0.493 e. The SMILES string of the molecule is CCn1c(/C=N/NC(=O)c2cc(OC)c(OC)c(OC)c2)nc2ccccc21. The number of carbonyl (C=O) groups is 1. The van der Waals surface area contributed by atoms with Gasteiger partial charge in [0.1, 0.15) is 0 Å². The minimum Gasteiger partial charge on any atom is -0.493 e. The van der Waals surface area contributed by atoms with Crippen LogP contribution in [0, 0.1) is 0 Å². The monoisotopic (exact) mass is 382 g/mol. The summed E-state index contributed by atoms with van der Waals surface area (Å²) in [5.41, 5.74) is 4.73. The van der Waals surface area contributed by atoms with Gasteiger partial charge < -0.3 is 18.8 Å². The number of aryl methyl sites for hydroxylation is 1. The summed E-state index contributed by atoms with van der Waals surface area (Å²) in [5.74, 6) is 1.46. The summed E-state index contributed by atoms with van der Waals surface area (Å²) >= 11 is 0. The third kappa shape index (κ3) is 3.62. The van der Waals surface area contributed by atoms with E-state index in [1.807, 2.05) is 35.8 Å². The molecule has 0 aliphatic rings. The zero-order valence-electron chi connectivity index (χ0n) is 16.2. The maximum atomic E-state index is 12.5. The van der Waals surface area contributed by atoms with Crippen molar-refractivity contribution in [3.63, 3.8) is 0 Å². The fraction of sp³-hybridized carbons (Fsp3) is 0.250. The molecule has 0 saturated carbocycles. The number of benzene rings is 2. The summed E-state index contributed by atoms with van der Waals surface area (Å²) in [6, 6.07) is 11.0. The van der Waals surface area contributed by atoms with Crippen molar-refractivity contribution in [2.24, 2.45) is 5.10 Å². The van der Waals surface area contributed by atoms with Crippen LogP contribution in [0.3, 0.4) is 0 Å². The van der Waals surface area contributed by atoms with E-state index in [-0.39, 0.29) is 0 Å². The zero-order valence-corrected chi connectivity index (χ0v) is 16.2. The van der Waals surface area contributed by atoms with Gasteiger partial charge in [-0.3, -0.25) is 4.79 Å². The number of hydrazone groups is 1. The Balaban J connectivity index is 1.83. The molecular formula is C20H22N4O4. The van der Waals surface area contributed by atoms with E-state index in [4.69, 9.17) is 14.2 Å². The van der Waals surface area contributed by atoms with Gasteiger partial charge in [-0.05, 0) is 31.2 Å². The molecule has 0 aliphatic carbocycles. The Bertz CT molecular complexity index is 1000. The van der Waals surface area contributed by atoms with Gasteiger partial charge in [0, 0.05) is 12.1 Å². The fourth-order valence-electron chi connectivity index (χ4n) is 2.95. The number of para-hydroxylation sites is 2.